The summed E-state index contributed by atoms with van der Waals surface area (Å²) in [6, 6.07) is 6.23. The molecule has 0 N–H and O–H groups in total. The lowest BCUT2D eigenvalue weighted by atomic mass is 9.43. The number of ether oxygens (including phenoxy) is 4. The molecule has 11 nitrogen and oxygen atoms in total. The van der Waals surface area contributed by atoms with Gasteiger partial charge in [0, 0.05) is 44.6 Å². The minimum absolute atomic E-state index is 0.0805. The Kier molecular flexibility index (Phi) is 10.6. The van der Waals surface area contributed by atoms with Gasteiger partial charge in [0.25, 0.3) is 5.69 Å². The number of nitrogens with zero attached hydrogens (tertiary/aromatic N) is 1. The van der Waals surface area contributed by atoms with E-state index in [-0.39, 0.29) is 95.9 Å². The third-order valence-electron chi connectivity index (χ3n) is 12.8. The first-order chi connectivity index (χ1) is 22.6. The summed E-state index contributed by atoms with van der Waals surface area (Å²) in [5, 5.41) is 11.4. The molecule has 1 aromatic rings. The van der Waals surface area contributed by atoms with Crippen LogP contribution in [0.4, 0.5) is 5.69 Å². The normalized spacial score (nSPS) is 36.0. The first kappa shape index (κ1) is 35.8. The third kappa shape index (κ3) is 6.97. The lowest BCUT2D eigenvalue weighted by Crippen LogP contribution is -2.63. The number of hydrogen-bond donors (Lipinski definition) is 0. The number of nitro groups is 1. The second-order valence-electron chi connectivity index (χ2n) is 15.3. The van der Waals surface area contributed by atoms with Crippen LogP contribution in [0.3, 0.4) is 0 Å². The van der Waals surface area contributed by atoms with Gasteiger partial charge >= 0.3 is 23.9 Å². The maximum atomic E-state index is 12.8. The molecule has 0 heterocycles. The van der Waals surface area contributed by atoms with Crippen molar-refractivity contribution in [2.75, 3.05) is 0 Å². The summed E-state index contributed by atoms with van der Waals surface area (Å²) in [5.41, 5.74) is -0.208. The standard InChI is InChI=1S/C37H51NO10/c1-21(11-14-34(42)45-20-25-9-7-8-10-31(25)38(43)44)28-12-13-29-35-30(19-33(37(28,29)6)48-24(4)41)36(5)16-15-27(46-22(2)39)17-26(36)18-32(35)47-23(3)40/h7-10,21,26-30,32-33,35H,11-20H2,1-6H3/t21-,26+,27-,28-,29+,30+,32-,33+,35+,36+,37-/m1/s1. The lowest BCUT2D eigenvalue weighted by molar-refractivity contribution is -0.385. The van der Waals surface area contributed by atoms with Crippen LogP contribution in [-0.4, -0.2) is 47.1 Å². The van der Waals surface area contributed by atoms with Crippen LogP contribution in [0.5, 0.6) is 0 Å². The molecule has 1 aromatic carbocycles. The molecule has 0 aliphatic heterocycles. The summed E-state index contributed by atoms with van der Waals surface area (Å²) in [6.07, 6.45) is 5.54. The number of para-hydroxylation sites is 1. The Morgan fingerprint density at radius 3 is 2.27 bits per heavy atom. The Hall–Kier alpha value is -3.50. The van der Waals surface area contributed by atoms with E-state index in [0.29, 0.717) is 24.8 Å². The van der Waals surface area contributed by atoms with Gasteiger partial charge in [0.05, 0.1) is 10.5 Å². The van der Waals surface area contributed by atoms with Crippen molar-refractivity contribution in [3.63, 3.8) is 0 Å². The molecule has 0 saturated heterocycles. The van der Waals surface area contributed by atoms with Crippen LogP contribution in [0.1, 0.15) is 105 Å². The fraction of sp³-hybridized carbons (Fsp3) is 0.730. The molecule has 0 spiro atoms. The van der Waals surface area contributed by atoms with E-state index in [2.05, 4.69) is 20.8 Å². The minimum atomic E-state index is -0.483. The van der Waals surface area contributed by atoms with Gasteiger partial charge in [-0.15, -0.1) is 0 Å². The summed E-state index contributed by atoms with van der Waals surface area (Å²) in [4.78, 5) is 60.6. The Bertz CT molecular complexity index is 1410. The average molecular weight is 670 g/mol. The topological polar surface area (TPSA) is 148 Å². The highest BCUT2D eigenvalue weighted by Crippen LogP contribution is 2.69. The number of benzene rings is 1. The number of nitro benzene ring substituents is 1. The zero-order chi connectivity index (χ0) is 35.0. The first-order valence-corrected chi connectivity index (χ1v) is 17.5. The van der Waals surface area contributed by atoms with E-state index in [1.54, 1.807) is 18.2 Å². The van der Waals surface area contributed by atoms with Gasteiger partial charge < -0.3 is 18.9 Å². The van der Waals surface area contributed by atoms with Crippen molar-refractivity contribution >= 4 is 29.6 Å². The summed E-state index contributed by atoms with van der Waals surface area (Å²) in [7, 11) is 0. The Balaban J connectivity index is 1.35. The van der Waals surface area contributed by atoms with Gasteiger partial charge in [0.1, 0.15) is 24.9 Å². The number of carbonyl (C=O) groups is 4. The summed E-state index contributed by atoms with van der Waals surface area (Å²) < 4.78 is 23.5. The van der Waals surface area contributed by atoms with Crippen LogP contribution in [0, 0.1) is 56.5 Å². The predicted molar refractivity (Wildman–Crippen MR) is 174 cm³/mol. The maximum absolute atomic E-state index is 12.8. The second kappa shape index (κ2) is 14.2. The molecule has 4 saturated carbocycles. The average Bonchev–Trinajstić information content (AvgIpc) is 3.37. The maximum Gasteiger partial charge on any atom is 0.306 e. The predicted octanol–water partition coefficient (Wildman–Crippen LogP) is 6.73. The zero-order valence-electron chi connectivity index (χ0n) is 29.1. The molecule has 0 unspecified atom stereocenters. The molecule has 4 fully saturated rings. The Morgan fingerprint density at radius 2 is 1.60 bits per heavy atom. The first-order valence-electron chi connectivity index (χ1n) is 17.5. The molecule has 0 aromatic heterocycles. The molecule has 0 bridgehead atoms. The monoisotopic (exact) mass is 669 g/mol. The van der Waals surface area contributed by atoms with E-state index in [9.17, 15) is 29.3 Å². The van der Waals surface area contributed by atoms with Gasteiger partial charge in [-0.25, -0.2) is 0 Å². The quantitative estimate of drug-likeness (QED) is 0.114. The SMILES string of the molecule is CC(=O)O[C@@H]1CC[C@@]2(C)[C@@H](C1)C[C@@H](OC(C)=O)[C@@H]1[C@@H]2C[C@H](OC(C)=O)[C@]2(C)[C@@H]([C@H](C)CCC(=O)OCc3ccccc3[N+](=O)[O-])CC[C@@H]12. The van der Waals surface area contributed by atoms with Gasteiger partial charge in [-0.2, -0.15) is 0 Å². The van der Waals surface area contributed by atoms with Crippen molar-refractivity contribution in [3.05, 3.63) is 39.9 Å². The van der Waals surface area contributed by atoms with Crippen molar-refractivity contribution in [2.45, 2.75) is 124 Å². The molecule has 4 aliphatic carbocycles. The van der Waals surface area contributed by atoms with Gasteiger partial charge in [-0.05, 0) is 92.4 Å². The van der Waals surface area contributed by atoms with Crippen molar-refractivity contribution in [1.82, 2.24) is 0 Å². The molecule has 4 aliphatic rings. The van der Waals surface area contributed by atoms with Gasteiger partial charge in [-0.1, -0.05) is 32.9 Å². The molecular weight excluding hydrogens is 618 g/mol. The highest BCUT2D eigenvalue weighted by Gasteiger charge is 2.67. The molecule has 11 atom stereocenters. The number of fused-ring (bicyclic) bond motifs is 5. The van der Waals surface area contributed by atoms with Crippen LogP contribution < -0.4 is 0 Å². The number of hydrogen-bond acceptors (Lipinski definition) is 10. The summed E-state index contributed by atoms with van der Waals surface area (Å²) in [6.45, 7) is 10.9. The van der Waals surface area contributed by atoms with E-state index >= 15 is 0 Å². The molecule has 5 rings (SSSR count). The fourth-order valence-electron chi connectivity index (χ4n) is 10.7. The molecule has 48 heavy (non-hydrogen) atoms. The van der Waals surface area contributed by atoms with Gasteiger partial charge in [-0.3, -0.25) is 29.3 Å². The van der Waals surface area contributed by atoms with Crippen LogP contribution in [0.2, 0.25) is 0 Å². The van der Waals surface area contributed by atoms with Crippen molar-refractivity contribution in [3.8, 4) is 0 Å². The van der Waals surface area contributed by atoms with E-state index in [1.807, 2.05) is 0 Å². The summed E-state index contributed by atoms with van der Waals surface area (Å²) in [5.74, 6) is -0.459. The summed E-state index contributed by atoms with van der Waals surface area (Å²) >= 11 is 0. The van der Waals surface area contributed by atoms with Crippen molar-refractivity contribution in [2.24, 2.45) is 46.3 Å². The largest absolute Gasteiger partial charge is 0.463 e. The van der Waals surface area contributed by atoms with Gasteiger partial charge in [0.15, 0.2) is 0 Å². The number of esters is 4. The zero-order valence-corrected chi connectivity index (χ0v) is 29.1. The van der Waals surface area contributed by atoms with E-state index in [0.717, 1.165) is 32.1 Å². The molecule has 0 amide bonds. The number of rotatable bonds is 10. The fourth-order valence-corrected chi connectivity index (χ4v) is 10.7. The molecule has 264 valence electrons. The van der Waals surface area contributed by atoms with Crippen LogP contribution >= 0.6 is 0 Å². The van der Waals surface area contributed by atoms with Crippen LogP contribution in [-0.2, 0) is 44.7 Å². The smallest absolute Gasteiger partial charge is 0.306 e. The molecule has 0 radical (unpaired) electrons. The molecule has 11 heteroatoms. The number of carbonyl (C=O) groups excluding carboxylic acids is 4. The van der Waals surface area contributed by atoms with E-state index in [1.165, 1.54) is 26.8 Å². The molecular formula is C37H51NO10. The van der Waals surface area contributed by atoms with Crippen molar-refractivity contribution in [1.29, 1.82) is 0 Å². The minimum Gasteiger partial charge on any atom is -0.463 e. The Morgan fingerprint density at radius 1 is 0.917 bits per heavy atom. The van der Waals surface area contributed by atoms with Gasteiger partial charge in [0.2, 0.25) is 0 Å². The third-order valence-corrected chi connectivity index (χ3v) is 12.8. The highest BCUT2D eigenvalue weighted by atomic mass is 16.6. The van der Waals surface area contributed by atoms with E-state index in [4.69, 9.17) is 18.9 Å². The van der Waals surface area contributed by atoms with Crippen LogP contribution in [0.25, 0.3) is 0 Å². The van der Waals surface area contributed by atoms with E-state index < -0.39 is 16.3 Å². The van der Waals surface area contributed by atoms with Crippen molar-refractivity contribution < 1.29 is 43.0 Å². The second-order valence-corrected chi connectivity index (χ2v) is 15.3. The van der Waals surface area contributed by atoms with Crippen LogP contribution in [0.15, 0.2) is 24.3 Å². The highest BCUT2D eigenvalue weighted by molar-refractivity contribution is 5.69. The lowest BCUT2D eigenvalue weighted by Gasteiger charge is -2.64. The Labute approximate surface area is 282 Å².